The largest absolute Gasteiger partial charge is 0.496 e. The van der Waals surface area contributed by atoms with Crippen molar-refractivity contribution in [3.63, 3.8) is 0 Å². The third-order valence-electron chi connectivity index (χ3n) is 5.14. The number of nitrogens with zero attached hydrogens (tertiary/aromatic N) is 1. The first-order valence-corrected chi connectivity index (χ1v) is 9.54. The fourth-order valence-electron chi connectivity index (χ4n) is 3.62. The van der Waals surface area contributed by atoms with Crippen LogP contribution in [0.5, 0.6) is 5.75 Å². The summed E-state index contributed by atoms with van der Waals surface area (Å²) in [5.41, 5.74) is 4.65. The molecule has 0 saturated carbocycles. The van der Waals surface area contributed by atoms with E-state index in [2.05, 4.69) is 77.9 Å². The maximum atomic E-state index is 5.55. The highest BCUT2D eigenvalue weighted by molar-refractivity contribution is 5.86. The van der Waals surface area contributed by atoms with Crippen LogP contribution in [-0.2, 0) is 6.54 Å². The summed E-state index contributed by atoms with van der Waals surface area (Å²) in [6.07, 6.45) is 3.65. The van der Waals surface area contributed by atoms with E-state index in [1.807, 2.05) is 18.3 Å². The Bertz CT molecular complexity index is 1070. The molecule has 0 saturated heterocycles. The molecule has 3 aromatic carbocycles. The lowest BCUT2D eigenvalue weighted by atomic mass is 9.99. The van der Waals surface area contributed by atoms with E-state index in [4.69, 9.17) is 4.74 Å². The Balaban J connectivity index is 1.56. The van der Waals surface area contributed by atoms with Gasteiger partial charge in [0.1, 0.15) is 5.75 Å². The molecule has 0 fully saturated rings. The van der Waals surface area contributed by atoms with Gasteiger partial charge in [-0.15, -0.1) is 0 Å². The molecule has 3 heteroatoms. The Labute approximate surface area is 166 Å². The Morgan fingerprint density at radius 1 is 0.964 bits per heavy atom. The number of fused-ring (bicyclic) bond motifs is 1. The summed E-state index contributed by atoms with van der Waals surface area (Å²) in [6.45, 7) is 3.00. The van der Waals surface area contributed by atoms with Crippen molar-refractivity contribution in [2.24, 2.45) is 0 Å². The van der Waals surface area contributed by atoms with Crippen molar-refractivity contribution < 1.29 is 4.74 Å². The Morgan fingerprint density at radius 2 is 1.82 bits per heavy atom. The van der Waals surface area contributed by atoms with Crippen molar-refractivity contribution in [2.45, 2.75) is 19.5 Å². The van der Waals surface area contributed by atoms with Gasteiger partial charge < -0.3 is 10.1 Å². The number of methoxy groups -OCH3 is 1. The molecule has 1 heterocycles. The molecule has 0 aliphatic heterocycles. The molecule has 4 rings (SSSR count). The number of ether oxygens (including phenoxy) is 1. The molecule has 0 aliphatic carbocycles. The van der Waals surface area contributed by atoms with Crippen LogP contribution in [0.25, 0.3) is 21.9 Å². The lowest BCUT2D eigenvalue weighted by Gasteiger charge is -2.17. The average molecular weight is 368 g/mol. The minimum Gasteiger partial charge on any atom is -0.496 e. The van der Waals surface area contributed by atoms with Gasteiger partial charge in [-0.1, -0.05) is 54.6 Å². The Kier molecular flexibility index (Phi) is 5.36. The van der Waals surface area contributed by atoms with E-state index in [-0.39, 0.29) is 6.04 Å². The second-order valence-electron chi connectivity index (χ2n) is 6.95. The molecule has 0 radical (unpaired) electrons. The summed E-state index contributed by atoms with van der Waals surface area (Å²) >= 11 is 0. The summed E-state index contributed by atoms with van der Waals surface area (Å²) in [6, 6.07) is 25.6. The van der Waals surface area contributed by atoms with Crippen LogP contribution in [0.3, 0.4) is 0 Å². The fourth-order valence-corrected chi connectivity index (χ4v) is 3.62. The lowest BCUT2D eigenvalue weighted by Crippen LogP contribution is -2.18. The van der Waals surface area contributed by atoms with E-state index >= 15 is 0 Å². The van der Waals surface area contributed by atoms with E-state index < -0.39 is 0 Å². The van der Waals surface area contributed by atoms with Crippen LogP contribution < -0.4 is 10.1 Å². The molecule has 1 unspecified atom stereocenters. The molecule has 0 spiro atoms. The van der Waals surface area contributed by atoms with E-state index in [0.717, 1.165) is 23.4 Å². The first kappa shape index (κ1) is 18.2. The number of aromatic nitrogens is 1. The van der Waals surface area contributed by atoms with E-state index in [1.165, 1.54) is 21.9 Å². The van der Waals surface area contributed by atoms with Gasteiger partial charge in [0, 0.05) is 36.1 Å². The molecular formula is C25H24N2O. The zero-order valence-electron chi connectivity index (χ0n) is 16.2. The molecule has 28 heavy (non-hydrogen) atoms. The predicted octanol–water partition coefficient (Wildman–Crippen LogP) is 5.76. The summed E-state index contributed by atoms with van der Waals surface area (Å²) in [7, 11) is 1.70. The first-order valence-electron chi connectivity index (χ1n) is 9.54. The topological polar surface area (TPSA) is 34.1 Å². The zero-order valence-corrected chi connectivity index (χ0v) is 16.2. The minimum atomic E-state index is 0.245. The van der Waals surface area contributed by atoms with Crippen LogP contribution in [0.1, 0.15) is 24.1 Å². The molecule has 0 amide bonds. The second-order valence-corrected chi connectivity index (χ2v) is 6.95. The SMILES string of the molecule is COc1ccc(CNC(C)c2cccc3ccccc23)cc1-c1cccnc1. The van der Waals surface area contributed by atoms with Crippen LogP contribution in [0, 0.1) is 0 Å². The number of benzene rings is 3. The highest BCUT2D eigenvalue weighted by Gasteiger charge is 2.11. The van der Waals surface area contributed by atoms with Crippen molar-refractivity contribution in [3.05, 3.63) is 96.3 Å². The monoisotopic (exact) mass is 368 g/mol. The highest BCUT2D eigenvalue weighted by atomic mass is 16.5. The molecule has 3 nitrogen and oxygen atoms in total. The average Bonchev–Trinajstić information content (AvgIpc) is 2.77. The maximum absolute atomic E-state index is 5.55. The van der Waals surface area contributed by atoms with Gasteiger partial charge in [-0.2, -0.15) is 0 Å². The second kappa shape index (κ2) is 8.24. The van der Waals surface area contributed by atoms with Gasteiger partial charge in [-0.05, 0) is 47.0 Å². The number of hydrogen-bond acceptors (Lipinski definition) is 3. The molecule has 140 valence electrons. The fraction of sp³-hybridized carbons (Fsp3) is 0.160. The van der Waals surface area contributed by atoms with E-state index in [9.17, 15) is 0 Å². The molecule has 4 aromatic rings. The Morgan fingerprint density at radius 3 is 2.64 bits per heavy atom. The highest BCUT2D eigenvalue weighted by Crippen LogP contribution is 2.31. The van der Waals surface area contributed by atoms with Crippen LogP contribution in [0.4, 0.5) is 0 Å². The quantitative estimate of drug-likeness (QED) is 0.470. The van der Waals surface area contributed by atoms with E-state index in [0.29, 0.717) is 0 Å². The molecule has 1 N–H and O–H groups in total. The summed E-state index contributed by atoms with van der Waals surface area (Å²) < 4.78 is 5.55. The van der Waals surface area contributed by atoms with Gasteiger partial charge in [0.15, 0.2) is 0 Å². The predicted molar refractivity (Wildman–Crippen MR) is 115 cm³/mol. The van der Waals surface area contributed by atoms with Crippen molar-refractivity contribution in [3.8, 4) is 16.9 Å². The van der Waals surface area contributed by atoms with Gasteiger partial charge in [0.25, 0.3) is 0 Å². The number of pyridine rings is 1. The third kappa shape index (κ3) is 3.75. The summed E-state index contributed by atoms with van der Waals surface area (Å²) in [5, 5.41) is 6.24. The van der Waals surface area contributed by atoms with Gasteiger partial charge in [0.05, 0.1) is 7.11 Å². The molecule has 1 aromatic heterocycles. The number of rotatable bonds is 6. The third-order valence-corrected chi connectivity index (χ3v) is 5.14. The summed E-state index contributed by atoms with van der Waals surface area (Å²) in [4.78, 5) is 4.24. The smallest absolute Gasteiger partial charge is 0.126 e. The van der Waals surface area contributed by atoms with Crippen LogP contribution in [0.2, 0.25) is 0 Å². The van der Waals surface area contributed by atoms with Crippen molar-refractivity contribution >= 4 is 10.8 Å². The van der Waals surface area contributed by atoms with Crippen LogP contribution in [-0.4, -0.2) is 12.1 Å². The van der Waals surface area contributed by atoms with Crippen LogP contribution >= 0.6 is 0 Å². The van der Waals surface area contributed by atoms with E-state index in [1.54, 1.807) is 13.3 Å². The van der Waals surface area contributed by atoms with Crippen molar-refractivity contribution in [2.75, 3.05) is 7.11 Å². The summed E-state index contributed by atoms with van der Waals surface area (Å²) in [5.74, 6) is 0.860. The molecule has 1 atom stereocenters. The first-order chi connectivity index (χ1) is 13.8. The number of hydrogen-bond donors (Lipinski definition) is 1. The Hall–Kier alpha value is -3.17. The maximum Gasteiger partial charge on any atom is 0.126 e. The standard InChI is InChI=1S/C25H24N2O/c1-18(22-11-5-8-20-7-3-4-10-23(20)22)27-16-19-12-13-25(28-2)24(15-19)21-9-6-14-26-17-21/h3-15,17-18,27H,16H2,1-2H3. The lowest BCUT2D eigenvalue weighted by molar-refractivity contribution is 0.416. The molecule has 0 bridgehead atoms. The molecular weight excluding hydrogens is 344 g/mol. The van der Waals surface area contributed by atoms with Crippen molar-refractivity contribution in [1.82, 2.24) is 10.3 Å². The normalized spacial score (nSPS) is 12.1. The number of nitrogens with one attached hydrogen (secondary N) is 1. The van der Waals surface area contributed by atoms with Crippen LogP contribution in [0.15, 0.2) is 85.2 Å². The molecule has 0 aliphatic rings. The minimum absolute atomic E-state index is 0.245. The van der Waals surface area contributed by atoms with Gasteiger partial charge in [-0.3, -0.25) is 4.98 Å². The van der Waals surface area contributed by atoms with Gasteiger partial charge in [0.2, 0.25) is 0 Å². The zero-order chi connectivity index (χ0) is 19.3. The van der Waals surface area contributed by atoms with Gasteiger partial charge in [-0.25, -0.2) is 0 Å². The van der Waals surface area contributed by atoms with Gasteiger partial charge >= 0.3 is 0 Å². The van der Waals surface area contributed by atoms with Crippen molar-refractivity contribution in [1.29, 1.82) is 0 Å².